The lowest BCUT2D eigenvalue weighted by Crippen LogP contribution is -2.28. The first-order valence-corrected chi connectivity index (χ1v) is 7.20. The summed E-state index contributed by atoms with van der Waals surface area (Å²) in [5.74, 6) is 0.733. The highest BCUT2D eigenvalue weighted by Crippen LogP contribution is 2.25. The van der Waals surface area contributed by atoms with E-state index in [1.54, 1.807) is 18.2 Å². The molecule has 1 aliphatic rings. The van der Waals surface area contributed by atoms with Crippen LogP contribution in [-0.2, 0) is 0 Å². The van der Waals surface area contributed by atoms with Gasteiger partial charge in [0, 0.05) is 29.7 Å². The van der Waals surface area contributed by atoms with Crippen molar-refractivity contribution in [3.8, 4) is 11.4 Å². The van der Waals surface area contributed by atoms with E-state index in [2.05, 4.69) is 15.3 Å². The number of hydrogen-bond donors (Lipinski definition) is 2. The fraction of sp³-hybridized carbons (Fsp3) is 0.333. The summed E-state index contributed by atoms with van der Waals surface area (Å²) in [6.45, 7) is 1.85. The molecule has 3 rings (SSSR count). The molecule has 1 aliphatic heterocycles. The van der Waals surface area contributed by atoms with E-state index in [-0.39, 0.29) is 17.2 Å². The van der Waals surface area contributed by atoms with E-state index >= 15 is 0 Å². The largest absolute Gasteiger partial charge is 0.317 e. The number of hydrogen-bond acceptors (Lipinski definition) is 5. The van der Waals surface area contributed by atoms with Crippen molar-refractivity contribution in [2.24, 2.45) is 0 Å². The van der Waals surface area contributed by atoms with E-state index in [9.17, 15) is 14.9 Å². The Balaban J connectivity index is 1.94. The number of aromatic amines is 1. The zero-order valence-corrected chi connectivity index (χ0v) is 11.9. The predicted octanol–water partition coefficient (Wildman–Crippen LogP) is 1.81. The van der Waals surface area contributed by atoms with E-state index < -0.39 is 4.92 Å². The molecule has 2 aromatic rings. The maximum absolute atomic E-state index is 11.9. The molecule has 1 aromatic heterocycles. The van der Waals surface area contributed by atoms with Crippen molar-refractivity contribution in [1.29, 1.82) is 0 Å². The molecular formula is C15H16N4O3. The molecule has 0 unspecified atom stereocenters. The van der Waals surface area contributed by atoms with Gasteiger partial charge in [0.05, 0.1) is 10.6 Å². The van der Waals surface area contributed by atoms with Crippen LogP contribution in [0.5, 0.6) is 0 Å². The summed E-state index contributed by atoms with van der Waals surface area (Å²) in [6, 6.07) is 7.56. The molecule has 0 amide bonds. The molecule has 7 nitrogen and oxygen atoms in total. The van der Waals surface area contributed by atoms with Crippen molar-refractivity contribution < 1.29 is 4.92 Å². The topological polar surface area (TPSA) is 101 Å². The molecule has 0 atom stereocenters. The second-order valence-corrected chi connectivity index (χ2v) is 5.35. The van der Waals surface area contributed by atoms with Gasteiger partial charge >= 0.3 is 0 Å². The van der Waals surface area contributed by atoms with Crippen molar-refractivity contribution in [3.05, 3.63) is 56.5 Å². The van der Waals surface area contributed by atoms with Gasteiger partial charge in [0.25, 0.3) is 11.2 Å². The molecule has 0 spiro atoms. The van der Waals surface area contributed by atoms with Crippen LogP contribution < -0.4 is 10.9 Å². The zero-order chi connectivity index (χ0) is 15.5. The molecule has 1 aromatic carbocycles. The highest BCUT2D eigenvalue weighted by atomic mass is 16.6. The molecule has 114 valence electrons. The van der Waals surface area contributed by atoms with Gasteiger partial charge in [-0.25, -0.2) is 4.98 Å². The third-order valence-corrected chi connectivity index (χ3v) is 3.87. The Morgan fingerprint density at radius 2 is 1.86 bits per heavy atom. The smallest absolute Gasteiger partial charge is 0.269 e. The van der Waals surface area contributed by atoms with E-state index in [0.29, 0.717) is 11.4 Å². The Morgan fingerprint density at radius 3 is 2.50 bits per heavy atom. The maximum Gasteiger partial charge on any atom is 0.269 e. The number of nitro benzene ring substituents is 1. The van der Waals surface area contributed by atoms with Crippen molar-refractivity contribution in [3.63, 3.8) is 0 Å². The van der Waals surface area contributed by atoms with Crippen LogP contribution in [0, 0.1) is 10.1 Å². The van der Waals surface area contributed by atoms with Gasteiger partial charge < -0.3 is 10.3 Å². The Labute approximate surface area is 126 Å². The van der Waals surface area contributed by atoms with Crippen molar-refractivity contribution in [1.82, 2.24) is 15.3 Å². The quantitative estimate of drug-likeness (QED) is 0.665. The van der Waals surface area contributed by atoms with Gasteiger partial charge in [-0.2, -0.15) is 0 Å². The minimum absolute atomic E-state index is 0.0145. The number of non-ortho nitro benzene ring substituents is 1. The average molecular weight is 300 g/mol. The zero-order valence-electron chi connectivity index (χ0n) is 11.9. The average Bonchev–Trinajstić information content (AvgIpc) is 2.55. The highest BCUT2D eigenvalue weighted by Gasteiger charge is 2.18. The van der Waals surface area contributed by atoms with Crippen LogP contribution >= 0.6 is 0 Å². The summed E-state index contributed by atoms with van der Waals surface area (Å²) >= 11 is 0. The summed E-state index contributed by atoms with van der Waals surface area (Å²) in [4.78, 5) is 29.4. The third-order valence-electron chi connectivity index (χ3n) is 3.87. The fourth-order valence-corrected chi connectivity index (χ4v) is 2.68. The van der Waals surface area contributed by atoms with Crippen molar-refractivity contribution in [2.75, 3.05) is 13.1 Å². The van der Waals surface area contributed by atoms with Crippen LogP contribution in [0.4, 0.5) is 5.69 Å². The van der Waals surface area contributed by atoms with Crippen LogP contribution in [0.3, 0.4) is 0 Å². The molecule has 0 saturated carbocycles. The fourth-order valence-electron chi connectivity index (χ4n) is 2.68. The summed E-state index contributed by atoms with van der Waals surface area (Å²) < 4.78 is 0. The second-order valence-electron chi connectivity index (χ2n) is 5.35. The number of nitrogens with zero attached hydrogens (tertiary/aromatic N) is 2. The van der Waals surface area contributed by atoms with E-state index in [0.717, 1.165) is 31.6 Å². The Kier molecular flexibility index (Phi) is 3.97. The van der Waals surface area contributed by atoms with Crippen molar-refractivity contribution >= 4 is 5.69 Å². The number of piperidine rings is 1. The Hall–Kier alpha value is -2.54. The predicted molar refractivity (Wildman–Crippen MR) is 81.8 cm³/mol. The van der Waals surface area contributed by atoms with E-state index in [4.69, 9.17) is 0 Å². The van der Waals surface area contributed by atoms with Gasteiger partial charge in [0.15, 0.2) is 0 Å². The number of rotatable bonds is 3. The normalized spacial score (nSPS) is 15.6. The highest BCUT2D eigenvalue weighted by molar-refractivity contribution is 5.57. The van der Waals surface area contributed by atoms with Gasteiger partial charge in [-0.05, 0) is 38.1 Å². The second kappa shape index (κ2) is 6.07. The SMILES string of the molecule is O=c1cc(C2CCNCC2)nc(-c2ccc([N+](=O)[O-])cc2)[nH]1. The number of aromatic nitrogens is 2. The molecule has 7 heteroatoms. The third kappa shape index (κ3) is 3.04. The van der Waals surface area contributed by atoms with Gasteiger partial charge in [-0.1, -0.05) is 0 Å². The molecule has 1 fully saturated rings. The van der Waals surface area contributed by atoms with Crippen LogP contribution in [0.2, 0.25) is 0 Å². The molecule has 0 radical (unpaired) electrons. The number of nitrogens with one attached hydrogen (secondary N) is 2. The van der Waals surface area contributed by atoms with Gasteiger partial charge in [0.1, 0.15) is 5.82 Å². The van der Waals surface area contributed by atoms with Gasteiger partial charge in [-0.3, -0.25) is 14.9 Å². The first kappa shape index (κ1) is 14.4. The minimum atomic E-state index is -0.453. The van der Waals surface area contributed by atoms with Gasteiger partial charge in [0.2, 0.25) is 0 Å². The lowest BCUT2D eigenvalue weighted by molar-refractivity contribution is -0.384. The molecule has 2 N–H and O–H groups in total. The maximum atomic E-state index is 11.9. The lowest BCUT2D eigenvalue weighted by atomic mass is 9.94. The first-order chi connectivity index (χ1) is 10.6. The van der Waals surface area contributed by atoms with Gasteiger partial charge in [-0.15, -0.1) is 0 Å². The van der Waals surface area contributed by atoms with E-state index in [1.807, 2.05) is 0 Å². The monoisotopic (exact) mass is 300 g/mol. The van der Waals surface area contributed by atoms with Crippen LogP contribution in [0.15, 0.2) is 35.1 Å². The molecule has 22 heavy (non-hydrogen) atoms. The summed E-state index contributed by atoms with van der Waals surface area (Å²) in [5.41, 5.74) is 1.27. The minimum Gasteiger partial charge on any atom is -0.317 e. The molecule has 0 bridgehead atoms. The Bertz CT molecular complexity index is 733. The molecule has 1 saturated heterocycles. The lowest BCUT2D eigenvalue weighted by Gasteiger charge is -2.22. The standard InChI is InChI=1S/C15H16N4O3/c20-14-9-13(10-5-7-16-8-6-10)17-15(18-14)11-1-3-12(4-2-11)19(21)22/h1-4,9-10,16H,5-8H2,(H,17,18,20). The Morgan fingerprint density at radius 1 is 1.18 bits per heavy atom. The number of H-pyrrole nitrogens is 1. The molecule has 0 aliphatic carbocycles. The summed E-state index contributed by atoms with van der Waals surface area (Å²) in [7, 11) is 0. The van der Waals surface area contributed by atoms with Crippen molar-refractivity contribution in [2.45, 2.75) is 18.8 Å². The number of nitro groups is 1. The molecular weight excluding hydrogens is 284 g/mol. The first-order valence-electron chi connectivity index (χ1n) is 7.20. The number of benzene rings is 1. The van der Waals surface area contributed by atoms with E-state index in [1.165, 1.54) is 12.1 Å². The van der Waals surface area contributed by atoms with Crippen LogP contribution in [0.1, 0.15) is 24.5 Å². The summed E-state index contributed by atoms with van der Waals surface area (Å²) in [6.07, 6.45) is 1.91. The molecule has 2 heterocycles. The summed E-state index contributed by atoms with van der Waals surface area (Å²) in [5, 5.41) is 14.0. The van der Waals surface area contributed by atoms with Crippen LogP contribution in [-0.4, -0.2) is 28.0 Å². The van der Waals surface area contributed by atoms with Crippen LogP contribution in [0.25, 0.3) is 11.4 Å².